The van der Waals surface area contributed by atoms with Crippen LogP contribution in [0.15, 0.2) is 42.7 Å². The molecular formula is C21H28ClN3O4. The summed E-state index contributed by atoms with van der Waals surface area (Å²) in [6.45, 7) is 5.14. The molecule has 0 bridgehead atoms. The first-order chi connectivity index (χ1) is 13.6. The Balaban J connectivity index is 0.00000300. The Hall–Kier alpha value is -2.48. The van der Waals surface area contributed by atoms with Gasteiger partial charge in [0.15, 0.2) is 11.5 Å². The van der Waals surface area contributed by atoms with Gasteiger partial charge in [-0.05, 0) is 37.6 Å². The van der Waals surface area contributed by atoms with Gasteiger partial charge in [0, 0.05) is 13.1 Å². The van der Waals surface area contributed by atoms with E-state index >= 15 is 0 Å². The topological polar surface area (TPSA) is 88.6 Å². The molecule has 29 heavy (non-hydrogen) atoms. The minimum absolute atomic E-state index is 0. The van der Waals surface area contributed by atoms with Crippen molar-refractivity contribution in [2.24, 2.45) is 0 Å². The molecule has 2 unspecified atom stereocenters. The third-order valence-electron chi connectivity index (χ3n) is 4.39. The number of aliphatic hydroxyl groups is 1. The summed E-state index contributed by atoms with van der Waals surface area (Å²) in [6, 6.07) is 11.4. The van der Waals surface area contributed by atoms with Crippen LogP contribution in [0.1, 0.15) is 12.5 Å². The number of aryl methyl sites for hydroxylation is 1. The van der Waals surface area contributed by atoms with E-state index in [0.29, 0.717) is 30.3 Å². The molecule has 0 fully saturated rings. The van der Waals surface area contributed by atoms with E-state index < -0.39 is 6.10 Å². The first-order valence-corrected chi connectivity index (χ1v) is 9.32. The van der Waals surface area contributed by atoms with Crippen LogP contribution in [0.5, 0.6) is 17.2 Å². The first kappa shape index (κ1) is 22.8. The van der Waals surface area contributed by atoms with Gasteiger partial charge in [-0.15, -0.1) is 12.4 Å². The van der Waals surface area contributed by atoms with Crippen molar-refractivity contribution in [3.05, 3.63) is 48.3 Å². The Bertz CT molecular complexity index is 903. The number of aromatic amines is 1. The van der Waals surface area contributed by atoms with E-state index in [1.54, 1.807) is 13.4 Å². The van der Waals surface area contributed by atoms with Crippen LogP contribution in [0.25, 0.3) is 11.0 Å². The van der Waals surface area contributed by atoms with Crippen LogP contribution < -0.4 is 19.5 Å². The van der Waals surface area contributed by atoms with Crippen molar-refractivity contribution in [2.75, 3.05) is 26.8 Å². The van der Waals surface area contributed by atoms with Crippen LogP contribution in [-0.4, -0.2) is 54.1 Å². The molecule has 7 nitrogen and oxygen atoms in total. The third-order valence-corrected chi connectivity index (χ3v) is 4.39. The van der Waals surface area contributed by atoms with Gasteiger partial charge in [0.05, 0.1) is 19.0 Å². The fraction of sp³-hybridized carbons (Fsp3) is 0.381. The van der Waals surface area contributed by atoms with Crippen molar-refractivity contribution >= 4 is 23.4 Å². The van der Waals surface area contributed by atoms with Crippen molar-refractivity contribution in [1.82, 2.24) is 15.3 Å². The molecule has 0 saturated heterocycles. The molecule has 3 N–H and O–H groups in total. The average Bonchev–Trinajstić information content (AvgIpc) is 3.19. The molecule has 2 aromatic carbocycles. The van der Waals surface area contributed by atoms with Crippen LogP contribution in [0.3, 0.4) is 0 Å². The predicted octanol–water partition coefficient (Wildman–Crippen LogP) is 3.10. The molecule has 1 heterocycles. The standard InChI is InChI=1S/C21H27N3O4.ClH/c1-14-8-9-19(21-20(14)23-13-24-21)27-12-16(25)11-22-10-15(2)28-18-7-5-4-6-17(18)26-3;/h4-9,13,15-16,22,25H,10-12H2,1-3H3,(H,23,24);1H. The van der Waals surface area contributed by atoms with Gasteiger partial charge in [-0.1, -0.05) is 18.2 Å². The van der Waals surface area contributed by atoms with Crippen molar-refractivity contribution in [2.45, 2.75) is 26.1 Å². The maximum Gasteiger partial charge on any atom is 0.161 e. The summed E-state index contributed by atoms with van der Waals surface area (Å²) in [6.07, 6.45) is 0.921. The molecule has 8 heteroatoms. The van der Waals surface area contributed by atoms with Crippen molar-refractivity contribution in [1.29, 1.82) is 0 Å². The number of para-hydroxylation sites is 2. The summed E-state index contributed by atoms with van der Waals surface area (Å²) in [7, 11) is 1.62. The molecule has 3 rings (SSSR count). The second-order valence-electron chi connectivity index (χ2n) is 6.71. The summed E-state index contributed by atoms with van der Waals surface area (Å²) in [5, 5.41) is 13.4. The van der Waals surface area contributed by atoms with Crippen LogP contribution >= 0.6 is 12.4 Å². The largest absolute Gasteiger partial charge is 0.493 e. The number of nitrogens with zero attached hydrogens (tertiary/aromatic N) is 1. The lowest BCUT2D eigenvalue weighted by molar-refractivity contribution is 0.103. The highest BCUT2D eigenvalue weighted by Crippen LogP contribution is 2.27. The lowest BCUT2D eigenvalue weighted by Crippen LogP contribution is -2.36. The quantitative estimate of drug-likeness (QED) is 0.466. The van der Waals surface area contributed by atoms with Gasteiger partial charge in [0.2, 0.25) is 0 Å². The number of benzene rings is 2. The number of hydrogen-bond acceptors (Lipinski definition) is 6. The molecule has 0 spiro atoms. The molecule has 3 aromatic rings. The summed E-state index contributed by atoms with van der Waals surface area (Å²) >= 11 is 0. The summed E-state index contributed by atoms with van der Waals surface area (Å²) in [5.41, 5.74) is 2.83. The molecule has 0 aliphatic rings. The van der Waals surface area contributed by atoms with E-state index in [1.807, 2.05) is 50.2 Å². The first-order valence-electron chi connectivity index (χ1n) is 9.32. The number of H-pyrrole nitrogens is 1. The third kappa shape index (κ3) is 6.00. The summed E-state index contributed by atoms with van der Waals surface area (Å²) in [5.74, 6) is 2.06. The normalized spacial score (nSPS) is 12.8. The fourth-order valence-corrected chi connectivity index (χ4v) is 2.93. The lowest BCUT2D eigenvalue weighted by Gasteiger charge is -2.19. The zero-order chi connectivity index (χ0) is 19.9. The number of halogens is 1. The second-order valence-corrected chi connectivity index (χ2v) is 6.71. The molecule has 2 atom stereocenters. The maximum atomic E-state index is 10.2. The zero-order valence-electron chi connectivity index (χ0n) is 16.8. The smallest absolute Gasteiger partial charge is 0.161 e. The minimum atomic E-state index is -0.645. The Morgan fingerprint density at radius 2 is 1.86 bits per heavy atom. The van der Waals surface area contributed by atoms with Crippen LogP contribution in [0, 0.1) is 6.92 Å². The van der Waals surface area contributed by atoms with Gasteiger partial charge in [-0.3, -0.25) is 0 Å². The molecular weight excluding hydrogens is 394 g/mol. The Kier molecular flexibility index (Phi) is 8.57. The van der Waals surface area contributed by atoms with E-state index in [0.717, 1.165) is 16.6 Å². The second kappa shape index (κ2) is 10.9. The maximum absolute atomic E-state index is 10.2. The van der Waals surface area contributed by atoms with Gasteiger partial charge in [-0.25, -0.2) is 4.98 Å². The van der Waals surface area contributed by atoms with Crippen LogP contribution in [-0.2, 0) is 0 Å². The fourth-order valence-electron chi connectivity index (χ4n) is 2.93. The predicted molar refractivity (Wildman–Crippen MR) is 116 cm³/mol. The van der Waals surface area contributed by atoms with Crippen molar-refractivity contribution < 1.29 is 19.3 Å². The highest BCUT2D eigenvalue weighted by molar-refractivity contribution is 5.85. The molecule has 0 saturated carbocycles. The number of aliphatic hydroxyl groups excluding tert-OH is 1. The SMILES string of the molecule is COc1ccccc1OC(C)CNCC(O)COc1ccc(C)c2[nH]cnc12.Cl. The number of methoxy groups -OCH3 is 1. The minimum Gasteiger partial charge on any atom is -0.493 e. The Morgan fingerprint density at radius 1 is 1.10 bits per heavy atom. The molecule has 158 valence electrons. The van der Waals surface area contributed by atoms with Gasteiger partial charge in [0.25, 0.3) is 0 Å². The summed E-state index contributed by atoms with van der Waals surface area (Å²) in [4.78, 5) is 7.39. The van der Waals surface area contributed by atoms with Gasteiger partial charge in [0.1, 0.15) is 30.1 Å². The highest BCUT2D eigenvalue weighted by atomic mass is 35.5. The number of fused-ring (bicyclic) bond motifs is 1. The molecule has 0 aliphatic carbocycles. The number of imidazole rings is 1. The molecule has 1 aromatic heterocycles. The van der Waals surface area contributed by atoms with Gasteiger partial charge < -0.3 is 29.6 Å². The highest BCUT2D eigenvalue weighted by Gasteiger charge is 2.12. The van der Waals surface area contributed by atoms with E-state index in [9.17, 15) is 5.11 Å². The van der Waals surface area contributed by atoms with Gasteiger partial charge in [-0.2, -0.15) is 0 Å². The van der Waals surface area contributed by atoms with Crippen molar-refractivity contribution in [3.63, 3.8) is 0 Å². The molecule has 0 radical (unpaired) electrons. The van der Waals surface area contributed by atoms with Crippen molar-refractivity contribution in [3.8, 4) is 17.2 Å². The number of ether oxygens (including phenoxy) is 3. The Labute approximate surface area is 176 Å². The molecule has 0 amide bonds. The van der Waals surface area contributed by atoms with Crippen LogP contribution in [0.4, 0.5) is 0 Å². The number of rotatable bonds is 10. The Morgan fingerprint density at radius 3 is 2.62 bits per heavy atom. The number of hydrogen-bond donors (Lipinski definition) is 3. The van der Waals surface area contributed by atoms with Crippen LogP contribution in [0.2, 0.25) is 0 Å². The summed E-state index contributed by atoms with van der Waals surface area (Å²) < 4.78 is 16.9. The number of nitrogens with one attached hydrogen (secondary N) is 2. The monoisotopic (exact) mass is 421 g/mol. The molecule has 0 aliphatic heterocycles. The van der Waals surface area contributed by atoms with E-state index in [-0.39, 0.29) is 25.1 Å². The number of aromatic nitrogens is 2. The average molecular weight is 422 g/mol. The van der Waals surface area contributed by atoms with E-state index in [2.05, 4.69) is 15.3 Å². The zero-order valence-corrected chi connectivity index (χ0v) is 17.7. The van der Waals surface area contributed by atoms with E-state index in [1.165, 1.54) is 0 Å². The lowest BCUT2D eigenvalue weighted by atomic mass is 10.2. The van der Waals surface area contributed by atoms with Gasteiger partial charge >= 0.3 is 0 Å². The van der Waals surface area contributed by atoms with E-state index in [4.69, 9.17) is 14.2 Å².